The van der Waals surface area contributed by atoms with E-state index >= 15 is 0 Å². The van der Waals surface area contributed by atoms with Crippen LogP contribution in [0.4, 0.5) is 0 Å². The summed E-state index contributed by atoms with van der Waals surface area (Å²) >= 11 is 0. The van der Waals surface area contributed by atoms with Gasteiger partial charge < -0.3 is 25.4 Å². The fourth-order valence-electron chi connectivity index (χ4n) is 5.76. The lowest BCUT2D eigenvalue weighted by Crippen LogP contribution is -2.59. The molecule has 3 N–H and O–H groups in total. The first kappa shape index (κ1) is 23.0. The van der Waals surface area contributed by atoms with Crippen LogP contribution in [0.1, 0.15) is 60.8 Å². The van der Waals surface area contributed by atoms with Gasteiger partial charge >= 0.3 is 0 Å². The van der Waals surface area contributed by atoms with Gasteiger partial charge in [-0.3, -0.25) is 14.4 Å². The van der Waals surface area contributed by atoms with Crippen molar-refractivity contribution in [2.75, 3.05) is 13.2 Å². The number of ether oxygens (including phenoxy) is 1. The Kier molecular flexibility index (Phi) is 6.22. The Balaban J connectivity index is 2.08. The average Bonchev–Trinajstić information content (AvgIpc) is 3.21. The molecule has 0 saturated carbocycles. The second-order valence-corrected chi connectivity index (χ2v) is 9.92. The van der Waals surface area contributed by atoms with Crippen LogP contribution in [0.2, 0.25) is 0 Å². The zero-order chi connectivity index (χ0) is 22.4. The van der Waals surface area contributed by atoms with Gasteiger partial charge in [0, 0.05) is 12.6 Å². The number of aliphatic hydroxyl groups is 1. The second kappa shape index (κ2) is 8.11. The van der Waals surface area contributed by atoms with E-state index in [1.165, 1.54) is 4.90 Å². The van der Waals surface area contributed by atoms with Crippen molar-refractivity contribution < 1.29 is 24.2 Å². The molecule has 3 rings (SSSR count). The van der Waals surface area contributed by atoms with E-state index in [-0.39, 0.29) is 36.3 Å². The maximum atomic E-state index is 13.8. The van der Waals surface area contributed by atoms with E-state index in [1.807, 2.05) is 41.5 Å². The molecule has 3 aliphatic heterocycles. The van der Waals surface area contributed by atoms with Gasteiger partial charge in [-0.15, -0.1) is 0 Å². The lowest BCUT2D eigenvalue weighted by Gasteiger charge is -2.38. The van der Waals surface area contributed by atoms with Crippen molar-refractivity contribution in [2.45, 2.75) is 90.1 Å². The molecule has 8 nitrogen and oxygen atoms in total. The molecule has 3 heterocycles. The molecule has 0 aliphatic carbocycles. The van der Waals surface area contributed by atoms with Crippen LogP contribution in [0.5, 0.6) is 0 Å². The lowest BCUT2D eigenvalue weighted by atomic mass is 9.66. The molecular weight excluding hydrogens is 386 g/mol. The second-order valence-electron chi connectivity index (χ2n) is 9.92. The summed E-state index contributed by atoms with van der Waals surface area (Å²) in [4.78, 5) is 41.8. The molecule has 2 bridgehead atoms. The van der Waals surface area contributed by atoms with Crippen molar-refractivity contribution in [1.82, 2.24) is 15.5 Å². The Bertz CT molecular complexity index is 711. The monoisotopic (exact) mass is 423 g/mol. The number of hydrogen-bond acceptors (Lipinski definition) is 5. The number of fused-ring (bicyclic) bond motifs is 1. The molecule has 8 heteroatoms. The Morgan fingerprint density at radius 2 is 1.90 bits per heavy atom. The number of carbonyl (C=O) groups excluding carboxylic acids is 3. The summed E-state index contributed by atoms with van der Waals surface area (Å²) in [6.07, 6.45) is 1.96. The molecule has 2 unspecified atom stereocenters. The normalized spacial score (nSPS) is 35.8. The minimum absolute atomic E-state index is 0.0521. The van der Waals surface area contributed by atoms with E-state index in [9.17, 15) is 19.5 Å². The molecule has 3 aliphatic rings. The van der Waals surface area contributed by atoms with Crippen LogP contribution in [0.25, 0.3) is 0 Å². The van der Waals surface area contributed by atoms with Crippen LogP contribution in [0, 0.1) is 17.8 Å². The third-order valence-corrected chi connectivity index (χ3v) is 7.04. The zero-order valence-electron chi connectivity index (χ0n) is 19.0. The van der Waals surface area contributed by atoms with E-state index in [0.717, 1.165) is 6.42 Å². The van der Waals surface area contributed by atoms with Crippen molar-refractivity contribution >= 4 is 17.7 Å². The van der Waals surface area contributed by atoms with Crippen molar-refractivity contribution in [3.05, 3.63) is 0 Å². The van der Waals surface area contributed by atoms with Gasteiger partial charge in [-0.2, -0.15) is 0 Å². The molecule has 30 heavy (non-hydrogen) atoms. The number of aliphatic hydroxyl groups excluding tert-OH is 1. The largest absolute Gasteiger partial charge is 0.394 e. The number of nitrogens with one attached hydrogen (secondary N) is 2. The number of nitrogens with zero attached hydrogens (tertiary/aromatic N) is 1. The molecule has 6 atom stereocenters. The predicted molar refractivity (Wildman–Crippen MR) is 111 cm³/mol. The van der Waals surface area contributed by atoms with Gasteiger partial charge in [0.05, 0.1) is 30.1 Å². The topological polar surface area (TPSA) is 108 Å². The molecule has 0 aromatic rings. The first-order valence-corrected chi connectivity index (χ1v) is 11.2. The first-order valence-electron chi connectivity index (χ1n) is 11.2. The standard InChI is InChI=1S/C22H37N3O5/c1-7-10-23-18(27)15-16-20(29)25(14(11-26)12(2)3)17(19(28)24-13(4)5)22(16)9-8-21(15,6)30-22/h12-17,26H,7-11H2,1-6H3,(H,23,27)(H,24,28)/t14-,15+,16-,17?,21-,22?/m0/s1. The van der Waals surface area contributed by atoms with Gasteiger partial charge in [0.25, 0.3) is 0 Å². The van der Waals surface area contributed by atoms with Crippen molar-refractivity contribution in [3.8, 4) is 0 Å². The van der Waals surface area contributed by atoms with E-state index in [2.05, 4.69) is 10.6 Å². The Morgan fingerprint density at radius 1 is 1.23 bits per heavy atom. The maximum Gasteiger partial charge on any atom is 0.246 e. The molecule has 0 aromatic heterocycles. The summed E-state index contributed by atoms with van der Waals surface area (Å²) in [5.41, 5.74) is -1.81. The number of rotatable bonds is 8. The van der Waals surface area contributed by atoms with Crippen LogP contribution in [0.3, 0.4) is 0 Å². The molecule has 0 radical (unpaired) electrons. The Morgan fingerprint density at radius 3 is 2.43 bits per heavy atom. The minimum atomic E-state index is -1.04. The highest BCUT2D eigenvalue weighted by Crippen LogP contribution is 2.63. The summed E-state index contributed by atoms with van der Waals surface area (Å²) in [6.45, 7) is 11.7. The van der Waals surface area contributed by atoms with Crippen LogP contribution in [0.15, 0.2) is 0 Å². The summed E-state index contributed by atoms with van der Waals surface area (Å²) < 4.78 is 6.51. The Labute approximate surface area is 179 Å². The molecule has 3 fully saturated rings. The van der Waals surface area contributed by atoms with Gasteiger partial charge in [-0.25, -0.2) is 0 Å². The highest BCUT2D eigenvalue weighted by Gasteiger charge is 2.78. The summed E-state index contributed by atoms with van der Waals surface area (Å²) in [5, 5.41) is 16.0. The van der Waals surface area contributed by atoms with Crippen LogP contribution in [-0.4, -0.2) is 70.2 Å². The lowest BCUT2D eigenvalue weighted by molar-refractivity contribution is -0.151. The molecule has 170 valence electrons. The zero-order valence-corrected chi connectivity index (χ0v) is 19.0. The minimum Gasteiger partial charge on any atom is -0.394 e. The van der Waals surface area contributed by atoms with E-state index in [4.69, 9.17) is 4.74 Å². The molecule has 3 saturated heterocycles. The van der Waals surface area contributed by atoms with Gasteiger partial charge in [0.15, 0.2) is 0 Å². The van der Waals surface area contributed by atoms with Crippen LogP contribution >= 0.6 is 0 Å². The van der Waals surface area contributed by atoms with Crippen LogP contribution < -0.4 is 10.6 Å². The number of likely N-dealkylation sites (tertiary alicyclic amines) is 1. The third-order valence-electron chi connectivity index (χ3n) is 7.04. The highest BCUT2D eigenvalue weighted by atomic mass is 16.5. The number of amides is 3. The van der Waals surface area contributed by atoms with E-state index in [1.54, 1.807) is 0 Å². The van der Waals surface area contributed by atoms with Crippen molar-refractivity contribution in [3.63, 3.8) is 0 Å². The fourth-order valence-corrected chi connectivity index (χ4v) is 5.76. The Hall–Kier alpha value is -1.67. The van der Waals surface area contributed by atoms with Crippen molar-refractivity contribution in [1.29, 1.82) is 0 Å². The molecule has 3 amide bonds. The highest BCUT2D eigenvalue weighted by molar-refractivity contribution is 5.99. The average molecular weight is 424 g/mol. The molecular formula is C22H37N3O5. The first-order chi connectivity index (χ1) is 14.0. The number of carbonyl (C=O) groups is 3. The van der Waals surface area contributed by atoms with E-state index in [0.29, 0.717) is 19.4 Å². The summed E-state index contributed by atoms with van der Waals surface area (Å²) in [6, 6.07) is -1.48. The summed E-state index contributed by atoms with van der Waals surface area (Å²) in [7, 11) is 0. The quantitative estimate of drug-likeness (QED) is 0.536. The van der Waals surface area contributed by atoms with Gasteiger partial charge in [-0.05, 0) is 46.0 Å². The van der Waals surface area contributed by atoms with Crippen LogP contribution in [-0.2, 0) is 19.1 Å². The van der Waals surface area contributed by atoms with Crippen molar-refractivity contribution in [2.24, 2.45) is 17.8 Å². The van der Waals surface area contributed by atoms with Gasteiger partial charge in [-0.1, -0.05) is 20.8 Å². The maximum absolute atomic E-state index is 13.8. The molecule has 1 spiro atoms. The predicted octanol–water partition coefficient (Wildman–Crippen LogP) is 0.819. The SMILES string of the molecule is CCCNC(=O)[C@H]1[C@H]2C(=O)N([C@@H](CO)C(C)C)C(C(=O)NC(C)C)C23CC[C@]1(C)O3. The van der Waals surface area contributed by atoms with Gasteiger partial charge in [0.2, 0.25) is 17.7 Å². The third kappa shape index (κ3) is 3.32. The number of hydrogen-bond donors (Lipinski definition) is 3. The summed E-state index contributed by atoms with van der Waals surface area (Å²) in [5.74, 6) is -2.14. The molecule has 0 aromatic carbocycles. The smallest absolute Gasteiger partial charge is 0.246 e. The van der Waals surface area contributed by atoms with Gasteiger partial charge in [0.1, 0.15) is 11.6 Å². The van der Waals surface area contributed by atoms with E-state index < -0.39 is 35.1 Å². The fraction of sp³-hybridized carbons (Fsp3) is 0.864.